The van der Waals surface area contributed by atoms with Gasteiger partial charge in [-0.3, -0.25) is 0 Å². The molecule has 0 bridgehead atoms. The van der Waals surface area contributed by atoms with Crippen LogP contribution in [0, 0.1) is 5.92 Å². The Hall–Kier alpha value is -1.20. The number of para-hydroxylation sites is 1. The molecule has 102 valence electrons. The summed E-state index contributed by atoms with van der Waals surface area (Å²) >= 11 is 0. The molecule has 18 heavy (non-hydrogen) atoms. The lowest BCUT2D eigenvalue weighted by molar-refractivity contribution is -0.0512. The second-order valence-corrected chi connectivity index (χ2v) is 4.32. The van der Waals surface area contributed by atoms with Crippen LogP contribution in [0.15, 0.2) is 24.3 Å². The molecule has 1 rings (SSSR count). The van der Waals surface area contributed by atoms with E-state index in [9.17, 15) is 13.9 Å². The molecule has 0 aliphatic heterocycles. The van der Waals surface area contributed by atoms with Gasteiger partial charge in [-0.15, -0.1) is 0 Å². The molecule has 1 aromatic rings. The molecule has 0 aliphatic rings. The highest BCUT2D eigenvalue weighted by Gasteiger charge is 2.25. The van der Waals surface area contributed by atoms with Crippen molar-refractivity contribution in [3.05, 3.63) is 29.8 Å². The van der Waals surface area contributed by atoms with Crippen LogP contribution in [0.1, 0.15) is 31.9 Å². The maximum atomic E-state index is 12.3. The number of rotatable bonds is 6. The van der Waals surface area contributed by atoms with Crippen LogP contribution in [-0.4, -0.2) is 17.8 Å². The van der Waals surface area contributed by atoms with Gasteiger partial charge in [-0.05, 0) is 12.0 Å². The van der Waals surface area contributed by atoms with Gasteiger partial charge in [0.1, 0.15) is 5.75 Å². The summed E-state index contributed by atoms with van der Waals surface area (Å²) in [6.07, 6.45) is -0.0374. The molecule has 3 nitrogen and oxygen atoms in total. The van der Waals surface area contributed by atoms with Crippen LogP contribution in [0.4, 0.5) is 8.78 Å². The van der Waals surface area contributed by atoms with Gasteiger partial charge in [-0.25, -0.2) is 0 Å². The van der Waals surface area contributed by atoms with Crippen LogP contribution in [0.25, 0.3) is 0 Å². The van der Waals surface area contributed by atoms with Crippen LogP contribution in [-0.2, 0) is 0 Å². The van der Waals surface area contributed by atoms with Gasteiger partial charge in [0, 0.05) is 5.56 Å². The Morgan fingerprint density at radius 1 is 1.33 bits per heavy atom. The van der Waals surface area contributed by atoms with Crippen molar-refractivity contribution in [3.8, 4) is 5.75 Å². The van der Waals surface area contributed by atoms with Crippen molar-refractivity contribution in [2.75, 3.05) is 0 Å². The summed E-state index contributed by atoms with van der Waals surface area (Å²) in [6.45, 7) is 0.891. The lowest BCUT2D eigenvalue weighted by Crippen LogP contribution is -2.32. The first-order valence-electron chi connectivity index (χ1n) is 5.94. The largest absolute Gasteiger partial charge is 0.434 e. The normalized spacial score (nSPS) is 16.4. The fourth-order valence-corrected chi connectivity index (χ4v) is 1.74. The minimum Gasteiger partial charge on any atom is -0.434 e. The first kappa shape index (κ1) is 14.9. The number of aliphatic hydroxyl groups excluding tert-OH is 1. The number of hydrogen-bond donors (Lipinski definition) is 2. The second kappa shape index (κ2) is 6.66. The van der Waals surface area contributed by atoms with E-state index in [1.807, 2.05) is 13.8 Å². The van der Waals surface area contributed by atoms with Gasteiger partial charge >= 0.3 is 6.61 Å². The van der Waals surface area contributed by atoms with E-state index in [4.69, 9.17) is 5.73 Å². The summed E-state index contributed by atoms with van der Waals surface area (Å²) < 4.78 is 28.9. The van der Waals surface area contributed by atoms with Gasteiger partial charge in [0.2, 0.25) is 0 Å². The summed E-state index contributed by atoms with van der Waals surface area (Å²) in [5.41, 5.74) is 6.31. The molecule has 0 heterocycles. The molecule has 0 fully saturated rings. The minimum absolute atomic E-state index is 0.0143. The van der Waals surface area contributed by atoms with Gasteiger partial charge in [0.05, 0.1) is 12.1 Å². The maximum Gasteiger partial charge on any atom is 0.387 e. The van der Waals surface area contributed by atoms with E-state index in [2.05, 4.69) is 4.74 Å². The molecule has 0 radical (unpaired) electrons. The maximum absolute atomic E-state index is 12.3. The number of ether oxygens (including phenoxy) is 1. The Kier molecular flexibility index (Phi) is 5.50. The first-order valence-corrected chi connectivity index (χ1v) is 5.94. The van der Waals surface area contributed by atoms with E-state index in [0.29, 0.717) is 5.56 Å². The Bertz CT molecular complexity index is 374. The Balaban J connectivity index is 2.94. The third kappa shape index (κ3) is 3.65. The average Bonchev–Trinajstić information content (AvgIpc) is 2.36. The van der Waals surface area contributed by atoms with E-state index in [1.54, 1.807) is 18.2 Å². The first-order chi connectivity index (χ1) is 8.47. The molecule has 1 unspecified atom stereocenters. The number of hydrogen-bond acceptors (Lipinski definition) is 3. The average molecular weight is 259 g/mol. The molecule has 3 N–H and O–H groups in total. The SMILES string of the molecule is CCC(C)[C@@H](O)[C@@H](N)c1ccccc1OC(F)F. The van der Waals surface area contributed by atoms with Crippen molar-refractivity contribution in [3.63, 3.8) is 0 Å². The third-order valence-corrected chi connectivity index (χ3v) is 3.09. The molecule has 0 amide bonds. The van der Waals surface area contributed by atoms with Gasteiger partial charge in [-0.2, -0.15) is 8.78 Å². The molecule has 0 spiro atoms. The quantitative estimate of drug-likeness (QED) is 0.825. The second-order valence-electron chi connectivity index (χ2n) is 4.32. The summed E-state index contributed by atoms with van der Waals surface area (Å²) in [4.78, 5) is 0. The molecule has 0 aliphatic carbocycles. The Labute approximate surface area is 106 Å². The summed E-state index contributed by atoms with van der Waals surface area (Å²) in [6, 6.07) is 5.54. The predicted octanol–water partition coefficient (Wildman–Crippen LogP) is 2.69. The van der Waals surface area contributed by atoms with Crippen LogP contribution in [0.3, 0.4) is 0 Å². The summed E-state index contributed by atoms with van der Waals surface area (Å²) in [5.74, 6) is 0.00181. The molecule has 3 atom stereocenters. The van der Waals surface area contributed by atoms with Crippen LogP contribution < -0.4 is 10.5 Å². The van der Waals surface area contributed by atoms with Crippen molar-refractivity contribution in [2.24, 2.45) is 11.7 Å². The zero-order chi connectivity index (χ0) is 13.7. The minimum atomic E-state index is -2.90. The van der Waals surface area contributed by atoms with E-state index in [-0.39, 0.29) is 11.7 Å². The van der Waals surface area contributed by atoms with Crippen molar-refractivity contribution in [1.29, 1.82) is 0 Å². The lowest BCUT2D eigenvalue weighted by Gasteiger charge is -2.25. The lowest BCUT2D eigenvalue weighted by atomic mass is 9.91. The van der Waals surface area contributed by atoms with Gasteiger partial charge in [-0.1, -0.05) is 38.5 Å². The van der Waals surface area contributed by atoms with E-state index in [1.165, 1.54) is 6.07 Å². The van der Waals surface area contributed by atoms with E-state index in [0.717, 1.165) is 6.42 Å². The highest BCUT2D eigenvalue weighted by Crippen LogP contribution is 2.29. The third-order valence-electron chi connectivity index (χ3n) is 3.09. The number of alkyl halides is 2. The standard InChI is InChI=1S/C13H19F2NO2/c1-3-8(2)12(17)11(16)9-6-4-5-7-10(9)18-13(14)15/h4-8,11-13,17H,3,16H2,1-2H3/t8?,11-,12+/m0/s1. The van der Waals surface area contributed by atoms with Crippen LogP contribution in [0.5, 0.6) is 5.75 Å². The number of nitrogens with two attached hydrogens (primary N) is 1. The fraction of sp³-hybridized carbons (Fsp3) is 0.538. The zero-order valence-corrected chi connectivity index (χ0v) is 10.5. The van der Waals surface area contributed by atoms with E-state index < -0.39 is 18.8 Å². The zero-order valence-electron chi connectivity index (χ0n) is 10.5. The number of benzene rings is 1. The highest BCUT2D eigenvalue weighted by atomic mass is 19.3. The molecular weight excluding hydrogens is 240 g/mol. The molecule has 0 saturated heterocycles. The van der Waals surface area contributed by atoms with Crippen molar-refractivity contribution >= 4 is 0 Å². The van der Waals surface area contributed by atoms with Gasteiger partial charge in [0.15, 0.2) is 0 Å². The predicted molar refractivity (Wildman–Crippen MR) is 65.5 cm³/mol. The molecule has 5 heteroatoms. The molecule has 1 aromatic carbocycles. The van der Waals surface area contributed by atoms with Crippen LogP contribution in [0.2, 0.25) is 0 Å². The Morgan fingerprint density at radius 2 is 1.94 bits per heavy atom. The fourth-order valence-electron chi connectivity index (χ4n) is 1.74. The summed E-state index contributed by atoms with van der Waals surface area (Å²) in [5, 5.41) is 10.0. The van der Waals surface area contributed by atoms with E-state index >= 15 is 0 Å². The smallest absolute Gasteiger partial charge is 0.387 e. The number of halogens is 2. The van der Waals surface area contributed by atoms with Crippen molar-refractivity contribution in [1.82, 2.24) is 0 Å². The van der Waals surface area contributed by atoms with Gasteiger partial charge < -0.3 is 15.6 Å². The molecule has 0 saturated carbocycles. The van der Waals surface area contributed by atoms with Crippen molar-refractivity contribution in [2.45, 2.75) is 39.0 Å². The molecular formula is C13H19F2NO2. The monoisotopic (exact) mass is 259 g/mol. The Morgan fingerprint density at radius 3 is 2.50 bits per heavy atom. The summed E-state index contributed by atoms with van der Waals surface area (Å²) in [7, 11) is 0. The topological polar surface area (TPSA) is 55.5 Å². The van der Waals surface area contributed by atoms with Crippen LogP contribution >= 0.6 is 0 Å². The number of aliphatic hydroxyl groups is 1. The highest BCUT2D eigenvalue weighted by molar-refractivity contribution is 5.36. The van der Waals surface area contributed by atoms with Gasteiger partial charge in [0.25, 0.3) is 0 Å². The molecule has 0 aromatic heterocycles. The van der Waals surface area contributed by atoms with Crippen molar-refractivity contribution < 1.29 is 18.6 Å².